The predicted molar refractivity (Wildman–Crippen MR) is 74.3 cm³/mol. The Bertz CT molecular complexity index is 429. The van der Waals surface area contributed by atoms with E-state index < -0.39 is 6.04 Å². The first kappa shape index (κ1) is 14.7. The molecular weight excluding hydrogens is 296 g/mol. The molecule has 5 heteroatoms. The molecule has 0 spiro atoms. The van der Waals surface area contributed by atoms with Crippen LogP contribution in [0.1, 0.15) is 24.2 Å². The minimum absolute atomic E-state index is 0.0318. The highest BCUT2D eigenvalue weighted by Gasteiger charge is 2.23. The molecule has 2 N–H and O–H groups in total. The Labute approximate surface area is 115 Å². The lowest BCUT2D eigenvalue weighted by Crippen LogP contribution is -2.48. The van der Waals surface area contributed by atoms with E-state index in [-0.39, 0.29) is 17.7 Å². The zero-order valence-corrected chi connectivity index (χ0v) is 12.2. The maximum absolute atomic E-state index is 12.0. The summed E-state index contributed by atoms with van der Waals surface area (Å²) in [6.45, 7) is 3.78. The van der Waals surface area contributed by atoms with E-state index in [0.29, 0.717) is 5.56 Å². The molecule has 0 fully saturated rings. The lowest BCUT2D eigenvalue weighted by atomic mass is 10.0. The minimum atomic E-state index is -0.522. The number of nitrogens with one attached hydrogen (secondary N) is 2. The molecule has 98 valence electrons. The van der Waals surface area contributed by atoms with Gasteiger partial charge in [0.15, 0.2) is 0 Å². The van der Waals surface area contributed by atoms with E-state index in [2.05, 4.69) is 26.6 Å². The van der Waals surface area contributed by atoms with Gasteiger partial charge in [-0.2, -0.15) is 0 Å². The van der Waals surface area contributed by atoms with Crippen LogP contribution in [0.5, 0.6) is 0 Å². The summed E-state index contributed by atoms with van der Waals surface area (Å²) in [5, 5.41) is 5.29. The van der Waals surface area contributed by atoms with Gasteiger partial charge in [-0.05, 0) is 30.2 Å². The number of hydrogen-bond acceptors (Lipinski definition) is 2. The van der Waals surface area contributed by atoms with Crippen molar-refractivity contribution in [3.8, 4) is 0 Å². The third-order valence-electron chi connectivity index (χ3n) is 2.59. The van der Waals surface area contributed by atoms with Gasteiger partial charge in [-0.3, -0.25) is 9.59 Å². The van der Waals surface area contributed by atoms with Crippen molar-refractivity contribution >= 4 is 27.7 Å². The second-order valence-corrected chi connectivity index (χ2v) is 5.23. The molecule has 1 aromatic rings. The summed E-state index contributed by atoms with van der Waals surface area (Å²) in [5.74, 6) is -0.399. The first-order valence-electron chi connectivity index (χ1n) is 5.73. The van der Waals surface area contributed by atoms with Gasteiger partial charge in [-0.1, -0.05) is 29.8 Å². The summed E-state index contributed by atoms with van der Waals surface area (Å²) < 4.78 is 0.908. The molecule has 1 aromatic carbocycles. The van der Waals surface area contributed by atoms with Gasteiger partial charge >= 0.3 is 0 Å². The molecule has 4 nitrogen and oxygen atoms in total. The molecule has 18 heavy (non-hydrogen) atoms. The molecular formula is C13H17BrN2O2. The number of halogens is 1. The molecule has 1 rings (SSSR count). The van der Waals surface area contributed by atoms with Crippen molar-refractivity contribution in [2.75, 3.05) is 7.05 Å². The highest BCUT2D eigenvalue weighted by Crippen LogP contribution is 2.11. The molecule has 0 radical (unpaired) electrons. The van der Waals surface area contributed by atoms with Crippen molar-refractivity contribution in [1.82, 2.24) is 10.6 Å². The van der Waals surface area contributed by atoms with Gasteiger partial charge in [0.2, 0.25) is 5.91 Å². The molecule has 0 saturated carbocycles. The number of hydrogen-bond donors (Lipinski definition) is 2. The molecule has 0 unspecified atom stereocenters. The Morgan fingerprint density at radius 3 is 2.17 bits per heavy atom. The summed E-state index contributed by atoms with van der Waals surface area (Å²) in [5.41, 5.74) is 0.535. The summed E-state index contributed by atoms with van der Waals surface area (Å²) in [6.07, 6.45) is 0. The van der Waals surface area contributed by atoms with E-state index >= 15 is 0 Å². The largest absolute Gasteiger partial charge is 0.357 e. The third-order valence-corrected chi connectivity index (χ3v) is 3.12. The van der Waals surface area contributed by atoms with Crippen LogP contribution >= 0.6 is 15.9 Å². The Kier molecular flexibility index (Phi) is 5.34. The summed E-state index contributed by atoms with van der Waals surface area (Å²) in [4.78, 5) is 23.6. The zero-order valence-electron chi connectivity index (χ0n) is 10.7. The maximum atomic E-state index is 12.0. The van der Waals surface area contributed by atoms with E-state index in [9.17, 15) is 9.59 Å². The van der Waals surface area contributed by atoms with E-state index in [4.69, 9.17) is 0 Å². The quantitative estimate of drug-likeness (QED) is 0.892. The average molecular weight is 313 g/mol. The van der Waals surface area contributed by atoms with Crippen molar-refractivity contribution in [2.24, 2.45) is 5.92 Å². The van der Waals surface area contributed by atoms with Crippen LogP contribution in [0.25, 0.3) is 0 Å². The Morgan fingerprint density at radius 2 is 1.72 bits per heavy atom. The summed E-state index contributed by atoms with van der Waals surface area (Å²) in [6, 6.07) is 6.48. The van der Waals surface area contributed by atoms with Gasteiger partial charge in [0.05, 0.1) is 0 Å². The second-order valence-electron chi connectivity index (χ2n) is 4.32. The number of carbonyl (C=O) groups is 2. The fourth-order valence-electron chi connectivity index (χ4n) is 1.52. The SMILES string of the molecule is CNC(=O)[C@H](NC(=O)c1ccc(Br)cc1)C(C)C. The van der Waals surface area contributed by atoms with E-state index in [1.54, 1.807) is 31.3 Å². The van der Waals surface area contributed by atoms with E-state index in [1.807, 2.05) is 13.8 Å². The molecule has 0 aliphatic rings. The molecule has 0 aliphatic carbocycles. The molecule has 2 amide bonds. The van der Waals surface area contributed by atoms with E-state index in [1.165, 1.54) is 0 Å². The molecule has 0 heterocycles. The van der Waals surface area contributed by atoms with Crippen LogP contribution in [0.2, 0.25) is 0 Å². The summed E-state index contributed by atoms with van der Waals surface area (Å²) >= 11 is 3.31. The fraction of sp³-hybridized carbons (Fsp3) is 0.385. The van der Waals surface area contributed by atoms with Crippen LogP contribution in [0.15, 0.2) is 28.7 Å². The second kappa shape index (κ2) is 6.54. The number of amides is 2. The molecule has 0 bridgehead atoms. The zero-order chi connectivity index (χ0) is 13.7. The number of carbonyl (C=O) groups excluding carboxylic acids is 2. The Hall–Kier alpha value is -1.36. The highest BCUT2D eigenvalue weighted by atomic mass is 79.9. The molecule has 0 aromatic heterocycles. The van der Waals surface area contributed by atoms with Crippen molar-refractivity contribution in [1.29, 1.82) is 0 Å². The van der Waals surface area contributed by atoms with Crippen LogP contribution in [-0.4, -0.2) is 24.9 Å². The molecule has 0 aliphatic heterocycles. The normalized spacial score (nSPS) is 12.1. The Balaban J connectivity index is 2.78. The van der Waals surface area contributed by atoms with Gasteiger partial charge in [0.1, 0.15) is 6.04 Å². The minimum Gasteiger partial charge on any atom is -0.357 e. The van der Waals surface area contributed by atoms with Crippen LogP contribution in [0.4, 0.5) is 0 Å². The fourth-order valence-corrected chi connectivity index (χ4v) is 1.78. The van der Waals surface area contributed by atoms with Gasteiger partial charge in [-0.25, -0.2) is 0 Å². The first-order chi connectivity index (χ1) is 8.45. The van der Waals surface area contributed by atoms with E-state index in [0.717, 1.165) is 4.47 Å². The lowest BCUT2D eigenvalue weighted by molar-refractivity contribution is -0.123. The summed E-state index contributed by atoms with van der Waals surface area (Å²) in [7, 11) is 1.56. The van der Waals surface area contributed by atoms with Gasteiger partial charge < -0.3 is 10.6 Å². The predicted octanol–water partition coefficient (Wildman–Crippen LogP) is 1.95. The molecule has 0 saturated heterocycles. The monoisotopic (exact) mass is 312 g/mol. The highest BCUT2D eigenvalue weighted by molar-refractivity contribution is 9.10. The van der Waals surface area contributed by atoms with Crippen molar-refractivity contribution in [3.05, 3.63) is 34.3 Å². The maximum Gasteiger partial charge on any atom is 0.251 e. The average Bonchev–Trinajstić information content (AvgIpc) is 2.35. The van der Waals surface area contributed by atoms with Crippen LogP contribution in [-0.2, 0) is 4.79 Å². The van der Waals surface area contributed by atoms with Crippen LogP contribution in [0.3, 0.4) is 0 Å². The van der Waals surface area contributed by atoms with Crippen LogP contribution < -0.4 is 10.6 Å². The van der Waals surface area contributed by atoms with Gasteiger partial charge in [0.25, 0.3) is 5.91 Å². The van der Waals surface area contributed by atoms with Gasteiger partial charge in [-0.15, -0.1) is 0 Å². The number of benzene rings is 1. The topological polar surface area (TPSA) is 58.2 Å². The van der Waals surface area contributed by atoms with Crippen molar-refractivity contribution < 1.29 is 9.59 Å². The molecule has 1 atom stereocenters. The smallest absolute Gasteiger partial charge is 0.251 e. The number of rotatable bonds is 4. The lowest BCUT2D eigenvalue weighted by Gasteiger charge is -2.20. The van der Waals surface area contributed by atoms with Crippen molar-refractivity contribution in [3.63, 3.8) is 0 Å². The van der Waals surface area contributed by atoms with Crippen molar-refractivity contribution in [2.45, 2.75) is 19.9 Å². The standard InChI is InChI=1S/C13H17BrN2O2/c1-8(2)11(13(18)15-3)16-12(17)9-4-6-10(14)7-5-9/h4-8,11H,1-3H3,(H,15,18)(H,16,17)/t11-/m1/s1. The first-order valence-corrected chi connectivity index (χ1v) is 6.53. The Morgan fingerprint density at radius 1 is 1.17 bits per heavy atom. The van der Waals surface area contributed by atoms with Crippen LogP contribution in [0, 0.1) is 5.92 Å². The van der Waals surface area contributed by atoms with Gasteiger partial charge in [0, 0.05) is 17.1 Å². The number of likely N-dealkylation sites (N-methyl/N-ethyl adjacent to an activating group) is 1. The third kappa shape index (κ3) is 3.84.